The van der Waals surface area contributed by atoms with E-state index in [0.29, 0.717) is 6.42 Å². The Kier molecular flexibility index (Phi) is 5.80. The fourth-order valence-electron chi connectivity index (χ4n) is 0.571. The minimum atomic E-state index is 0.593. The lowest BCUT2D eigenvalue weighted by molar-refractivity contribution is 0.690. The summed E-state index contributed by atoms with van der Waals surface area (Å²) >= 11 is 0. The summed E-state index contributed by atoms with van der Waals surface area (Å²) in [7, 11) is 0. The molecule has 0 aromatic carbocycles. The van der Waals surface area contributed by atoms with E-state index in [1.165, 1.54) is 5.57 Å². The Labute approximate surface area is 62.5 Å². The monoisotopic (exact) mass is 138 g/mol. The molecule has 0 atom stereocenters. The predicted molar refractivity (Wildman–Crippen MR) is 42.5 cm³/mol. The van der Waals surface area contributed by atoms with Gasteiger partial charge in [0.1, 0.15) is 0 Å². The Bertz CT molecular complexity index is 133. The zero-order valence-electron chi connectivity index (χ0n) is 6.48. The highest BCUT2D eigenvalue weighted by Crippen LogP contribution is 1.91. The van der Waals surface area contributed by atoms with Crippen LogP contribution in [0, 0.1) is 11.3 Å². The highest BCUT2D eigenvalue weighted by Gasteiger charge is 1.86. The quantitative estimate of drug-likeness (QED) is 0.461. The normalized spacial score (nSPS) is 8.80. The maximum absolute atomic E-state index is 8.17. The average Bonchev–Trinajstić information content (AvgIpc) is 1.87. The topological polar surface area (TPSA) is 35.8 Å². The lowest BCUT2D eigenvalue weighted by Crippen LogP contribution is -2.16. The van der Waals surface area contributed by atoms with Gasteiger partial charge in [-0.15, -0.1) is 6.58 Å². The van der Waals surface area contributed by atoms with Gasteiger partial charge in [-0.1, -0.05) is 5.57 Å². The zero-order valence-corrected chi connectivity index (χ0v) is 6.48. The third-order valence-electron chi connectivity index (χ3n) is 1.14. The fraction of sp³-hybridized carbons (Fsp3) is 0.625. The third kappa shape index (κ3) is 7.19. The molecule has 0 saturated heterocycles. The first-order chi connectivity index (χ1) is 4.77. The molecule has 2 heteroatoms. The van der Waals surface area contributed by atoms with Crippen LogP contribution in [0.5, 0.6) is 0 Å². The fourth-order valence-corrected chi connectivity index (χ4v) is 0.571. The van der Waals surface area contributed by atoms with Crippen molar-refractivity contribution in [2.24, 2.45) is 0 Å². The van der Waals surface area contributed by atoms with Crippen LogP contribution in [0.3, 0.4) is 0 Å². The predicted octanol–water partition coefficient (Wildman–Crippen LogP) is 1.46. The van der Waals surface area contributed by atoms with Gasteiger partial charge < -0.3 is 5.32 Å². The van der Waals surface area contributed by atoms with Crippen LogP contribution in [-0.2, 0) is 0 Å². The van der Waals surface area contributed by atoms with Crippen LogP contribution < -0.4 is 5.32 Å². The molecule has 10 heavy (non-hydrogen) atoms. The van der Waals surface area contributed by atoms with Crippen molar-refractivity contribution >= 4 is 0 Å². The minimum Gasteiger partial charge on any atom is -0.315 e. The minimum absolute atomic E-state index is 0.593. The molecule has 0 aliphatic heterocycles. The number of nitrogens with one attached hydrogen (secondary N) is 1. The van der Waals surface area contributed by atoms with Gasteiger partial charge in [0, 0.05) is 13.0 Å². The summed E-state index contributed by atoms with van der Waals surface area (Å²) in [6.07, 6.45) is 1.60. The smallest absolute Gasteiger partial charge is 0.0635 e. The van der Waals surface area contributed by atoms with Crippen LogP contribution in [0.4, 0.5) is 0 Å². The molecule has 0 amide bonds. The second-order valence-electron chi connectivity index (χ2n) is 2.37. The Morgan fingerprint density at radius 1 is 1.60 bits per heavy atom. The van der Waals surface area contributed by atoms with Gasteiger partial charge in [-0.3, -0.25) is 0 Å². The van der Waals surface area contributed by atoms with Crippen LogP contribution in [0.1, 0.15) is 19.8 Å². The SMILES string of the molecule is C=C(C)CCNCCC#N. The van der Waals surface area contributed by atoms with Crippen molar-refractivity contribution < 1.29 is 0 Å². The number of nitrogens with zero attached hydrogens (tertiary/aromatic N) is 1. The molecule has 0 aromatic rings. The molecule has 0 saturated carbocycles. The molecule has 0 heterocycles. The first-order valence-electron chi connectivity index (χ1n) is 3.49. The molecular formula is C8H14N2. The number of hydrogen-bond acceptors (Lipinski definition) is 2. The van der Waals surface area contributed by atoms with E-state index in [1.807, 2.05) is 6.92 Å². The largest absolute Gasteiger partial charge is 0.315 e. The van der Waals surface area contributed by atoms with Gasteiger partial charge in [0.25, 0.3) is 0 Å². The summed E-state index contributed by atoms with van der Waals surface area (Å²) in [6.45, 7) is 7.51. The second kappa shape index (κ2) is 6.31. The van der Waals surface area contributed by atoms with Crippen molar-refractivity contribution in [1.82, 2.24) is 5.32 Å². The molecule has 0 radical (unpaired) electrons. The number of hydrogen-bond donors (Lipinski definition) is 1. The van der Waals surface area contributed by atoms with E-state index in [0.717, 1.165) is 19.5 Å². The van der Waals surface area contributed by atoms with Gasteiger partial charge in [0.05, 0.1) is 6.07 Å². The van der Waals surface area contributed by atoms with E-state index in [9.17, 15) is 0 Å². The maximum Gasteiger partial charge on any atom is 0.0635 e. The highest BCUT2D eigenvalue weighted by molar-refractivity contribution is 4.88. The van der Waals surface area contributed by atoms with Crippen molar-refractivity contribution in [3.05, 3.63) is 12.2 Å². The van der Waals surface area contributed by atoms with Crippen LogP contribution in [0.2, 0.25) is 0 Å². The van der Waals surface area contributed by atoms with E-state index in [2.05, 4.69) is 18.0 Å². The first-order valence-corrected chi connectivity index (χ1v) is 3.49. The van der Waals surface area contributed by atoms with Crippen LogP contribution in [-0.4, -0.2) is 13.1 Å². The molecule has 0 rings (SSSR count). The lowest BCUT2D eigenvalue weighted by atomic mass is 10.2. The molecule has 0 spiro atoms. The van der Waals surface area contributed by atoms with E-state index < -0.39 is 0 Å². The standard InChI is InChI=1S/C8H14N2/c1-8(2)4-7-10-6-3-5-9/h10H,1,3-4,6-7H2,2H3. The molecular weight excluding hydrogens is 124 g/mol. The third-order valence-corrected chi connectivity index (χ3v) is 1.14. The Balaban J connectivity index is 2.92. The first kappa shape index (κ1) is 9.19. The van der Waals surface area contributed by atoms with Gasteiger partial charge in [-0.05, 0) is 19.9 Å². The number of rotatable bonds is 5. The highest BCUT2D eigenvalue weighted by atomic mass is 14.8. The van der Waals surface area contributed by atoms with Crippen LogP contribution >= 0.6 is 0 Å². The van der Waals surface area contributed by atoms with Crippen molar-refractivity contribution in [2.75, 3.05) is 13.1 Å². The molecule has 0 aliphatic carbocycles. The summed E-state index contributed by atoms with van der Waals surface area (Å²) < 4.78 is 0. The summed E-state index contributed by atoms with van der Waals surface area (Å²) in [5.41, 5.74) is 1.18. The molecule has 1 N–H and O–H groups in total. The van der Waals surface area contributed by atoms with E-state index >= 15 is 0 Å². The molecule has 0 aliphatic rings. The Morgan fingerprint density at radius 3 is 2.80 bits per heavy atom. The molecule has 0 unspecified atom stereocenters. The zero-order chi connectivity index (χ0) is 7.82. The summed E-state index contributed by atoms with van der Waals surface area (Å²) in [5.74, 6) is 0. The van der Waals surface area contributed by atoms with Crippen molar-refractivity contribution in [3.63, 3.8) is 0 Å². The number of nitriles is 1. The average molecular weight is 138 g/mol. The molecule has 0 fully saturated rings. The van der Waals surface area contributed by atoms with Crippen LogP contribution in [0.15, 0.2) is 12.2 Å². The summed E-state index contributed by atoms with van der Waals surface area (Å²) in [6, 6.07) is 2.07. The van der Waals surface area contributed by atoms with E-state index in [1.54, 1.807) is 0 Å². The summed E-state index contributed by atoms with van der Waals surface area (Å²) in [5, 5.41) is 11.3. The molecule has 2 nitrogen and oxygen atoms in total. The van der Waals surface area contributed by atoms with Crippen LogP contribution in [0.25, 0.3) is 0 Å². The van der Waals surface area contributed by atoms with Gasteiger partial charge in [0.2, 0.25) is 0 Å². The Morgan fingerprint density at radius 2 is 2.30 bits per heavy atom. The van der Waals surface area contributed by atoms with E-state index in [4.69, 9.17) is 5.26 Å². The maximum atomic E-state index is 8.17. The van der Waals surface area contributed by atoms with Crippen molar-refractivity contribution in [1.29, 1.82) is 5.26 Å². The molecule has 56 valence electrons. The van der Waals surface area contributed by atoms with Gasteiger partial charge >= 0.3 is 0 Å². The van der Waals surface area contributed by atoms with Crippen molar-refractivity contribution in [3.8, 4) is 6.07 Å². The molecule has 0 bridgehead atoms. The Hall–Kier alpha value is -0.810. The lowest BCUT2D eigenvalue weighted by Gasteiger charge is -1.99. The van der Waals surface area contributed by atoms with Gasteiger partial charge in [-0.2, -0.15) is 5.26 Å². The summed E-state index contributed by atoms with van der Waals surface area (Å²) in [4.78, 5) is 0. The van der Waals surface area contributed by atoms with E-state index in [-0.39, 0.29) is 0 Å². The second-order valence-corrected chi connectivity index (χ2v) is 2.37. The molecule has 0 aromatic heterocycles. The van der Waals surface area contributed by atoms with Gasteiger partial charge in [-0.25, -0.2) is 0 Å². The van der Waals surface area contributed by atoms with Gasteiger partial charge in [0.15, 0.2) is 0 Å². The van der Waals surface area contributed by atoms with Crippen molar-refractivity contribution in [2.45, 2.75) is 19.8 Å².